The summed E-state index contributed by atoms with van der Waals surface area (Å²) in [6, 6.07) is 0.223. The van der Waals surface area contributed by atoms with Crippen molar-refractivity contribution in [1.82, 2.24) is 4.90 Å². The number of carbonyl (C=O) groups is 2. The van der Waals surface area contributed by atoms with Crippen LogP contribution in [-0.4, -0.2) is 35.0 Å². The number of nitrogens with zero attached hydrogens (tertiary/aromatic N) is 1. The van der Waals surface area contributed by atoms with E-state index in [0.29, 0.717) is 6.54 Å². The molecule has 4 heteroatoms. The number of hydrogen-bond acceptors (Lipinski definition) is 3. The smallest absolute Gasteiger partial charge is 0.306 e. The van der Waals surface area contributed by atoms with Gasteiger partial charge in [-0.05, 0) is 41.0 Å². The molecule has 0 saturated heterocycles. The van der Waals surface area contributed by atoms with Crippen molar-refractivity contribution in [1.29, 1.82) is 0 Å². The summed E-state index contributed by atoms with van der Waals surface area (Å²) in [6.45, 7) is 12.2. The molecular formula is C14H27NO3. The zero-order chi connectivity index (χ0) is 14.3. The summed E-state index contributed by atoms with van der Waals surface area (Å²) in [7, 11) is 0. The lowest BCUT2D eigenvalue weighted by molar-refractivity contribution is -0.156. The van der Waals surface area contributed by atoms with E-state index in [1.807, 2.05) is 39.5 Å². The van der Waals surface area contributed by atoms with Gasteiger partial charge >= 0.3 is 5.97 Å². The van der Waals surface area contributed by atoms with Crippen LogP contribution >= 0.6 is 0 Å². The van der Waals surface area contributed by atoms with Gasteiger partial charge in [-0.3, -0.25) is 9.59 Å². The van der Waals surface area contributed by atoms with Gasteiger partial charge in [-0.2, -0.15) is 0 Å². The number of rotatable bonds is 6. The molecule has 1 unspecified atom stereocenters. The average Bonchev–Trinajstić information content (AvgIpc) is 2.24. The molecule has 0 aliphatic rings. The van der Waals surface area contributed by atoms with Crippen LogP contribution in [0.5, 0.6) is 0 Å². The molecule has 106 valence electrons. The third kappa shape index (κ3) is 6.62. The first-order valence-electron chi connectivity index (χ1n) is 6.72. The van der Waals surface area contributed by atoms with E-state index in [9.17, 15) is 9.59 Å². The minimum Gasteiger partial charge on any atom is -0.460 e. The molecule has 0 N–H and O–H groups in total. The number of hydrogen-bond donors (Lipinski definition) is 0. The van der Waals surface area contributed by atoms with Crippen molar-refractivity contribution in [3.8, 4) is 0 Å². The van der Waals surface area contributed by atoms with E-state index in [-0.39, 0.29) is 30.8 Å². The first-order chi connectivity index (χ1) is 8.21. The normalized spacial score (nSPS) is 13.0. The second-order valence-corrected chi connectivity index (χ2v) is 5.52. The molecule has 0 aromatic carbocycles. The monoisotopic (exact) mass is 257 g/mol. The zero-order valence-electron chi connectivity index (χ0n) is 12.6. The highest BCUT2D eigenvalue weighted by Gasteiger charge is 2.20. The van der Waals surface area contributed by atoms with Gasteiger partial charge in [0.25, 0.3) is 0 Å². The van der Waals surface area contributed by atoms with Gasteiger partial charge in [-0.1, -0.05) is 6.92 Å². The molecule has 4 nitrogen and oxygen atoms in total. The van der Waals surface area contributed by atoms with Crippen molar-refractivity contribution in [3.63, 3.8) is 0 Å². The molecule has 0 rings (SSSR count). The molecule has 0 aromatic heterocycles. The zero-order valence-corrected chi connectivity index (χ0v) is 12.6. The fraction of sp³-hybridized carbons (Fsp3) is 0.857. The molecule has 0 radical (unpaired) electrons. The van der Waals surface area contributed by atoms with Gasteiger partial charge in [0.1, 0.15) is 5.60 Å². The summed E-state index contributed by atoms with van der Waals surface area (Å²) < 4.78 is 5.18. The van der Waals surface area contributed by atoms with E-state index in [2.05, 4.69) is 6.92 Å². The Morgan fingerprint density at radius 2 is 1.72 bits per heavy atom. The lowest BCUT2D eigenvalue weighted by Gasteiger charge is -2.27. The second-order valence-electron chi connectivity index (χ2n) is 5.52. The largest absolute Gasteiger partial charge is 0.460 e. The highest BCUT2D eigenvalue weighted by Crippen LogP contribution is 2.11. The van der Waals surface area contributed by atoms with Crippen LogP contribution in [0.1, 0.15) is 60.8 Å². The van der Waals surface area contributed by atoms with Crippen molar-refractivity contribution < 1.29 is 14.3 Å². The SMILES string of the molecule is CCC(C)N(CC)C(=O)CCC(=O)OC(C)(C)C. The molecule has 0 bridgehead atoms. The lowest BCUT2D eigenvalue weighted by atomic mass is 10.1. The molecular weight excluding hydrogens is 230 g/mol. The van der Waals surface area contributed by atoms with Crippen LogP contribution in [0, 0.1) is 0 Å². The van der Waals surface area contributed by atoms with Crippen LogP contribution in [0.4, 0.5) is 0 Å². The Balaban J connectivity index is 4.20. The Kier molecular flexibility index (Phi) is 6.96. The summed E-state index contributed by atoms with van der Waals surface area (Å²) in [5, 5.41) is 0. The Hall–Kier alpha value is -1.06. The highest BCUT2D eigenvalue weighted by molar-refractivity contribution is 5.81. The lowest BCUT2D eigenvalue weighted by Crippen LogP contribution is -2.38. The maximum absolute atomic E-state index is 12.0. The second kappa shape index (κ2) is 7.39. The van der Waals surface area contributed by atoms with Crippen molar-refractivity contribution in [2.24, 2.45) is 0 Å². The predicted molar refractivity (Wildman–Crippen MR) is 72.2 cm³/mol. The van der Waals surface area contributed by atoms with Crippen molar-refractivity contribution in [3.05, 3.63) is 0 Å². The summed E-state index contributed by atoms with van der Waals surface area (Å²) >= 11 is 0. The van der Waals surface area contributed by atoms with Crippen LogP contribution in [0.25, 0.3) is 0 Å². The topological polar surface area (TPSA) is 46.6 Å². The van der Waals surface area contributed by atoms with Gasteiger partial charge in [0.05, 0.1) is 6.42 Å². The van der Waals surface area contributed by atoms with Gasteiger partial charge < -0.3 is 9.64 Å². The first kappa shape index (κ1) is 16.9. The summed E-state index contributed by atoms with van der Waals surface area (Å²) in [5.74, 6) is -0.284. The standard InChI is InChI=1S/C14H27NO3/c1-7-11(3)15(8-2)12(16)9-10-13(17)18-14(4,5)6/h11H,7-10H2,1-6H3. The predicted octanol–water partition coefficient (Wildman–Crippen LogP) is 2.76. The van der Waals surface area contributed by atoms with Crippen LogP contribution in [0.3, 0.4) is 0 Å². The average molecular weight is 257 g/mol. The van der Waals surface area contributed by atoms with Crippen LogP contribution in [0.15, 0.2) is 0 Å². The van der Waals surface area contributed by atoms with Gasteiger partial charge in [0, 0.05) is 19.0 Å². The van der Waals surface area contributed by atoms with Crippen LogP contribution < -0.4 is 0 Å². The number of carbonyl (C=O) groups excluding carboxylic acids is 2. The van der Waals surface area contributed by atoms with Crippen LogP contribution in [0.2, 0.25) is 0 Å². The van der Waals surface area contributed by atoms with Crippen molar-refractivity contribution in [2.75, 3.05) is 6.54 Å². The van der Waals surface area contributed by atoms with E-state index in [1.165, 1.54) is 0 Å². The van der Waals surface area contributed by atoms with E-state index in [4.69, 9.17) is 4.74 Å². The minimum atomic E-state index is -0.485. The third-order valence-electron chi connectivity index (χ3n) is 2.75. The molecule has 1 atom stereocenters. The molecule has 0 saturated carbocycles. The van der Waals surface area contributed by atoms with Crippen molar-refractivity contribution >= 4 is 11.9 Å². The molecule has 0 heterocycles. The Morgan fingerprint density at radius 3 is 2.11 bits per heavy atom. The number of amides is 1. The quantitative estimate of drug-likeness (QED) is 0.687. The number of ether oxygens (including phenoxy) is 1. The summed E-state index contributed by atoms with van der Waals surface area (Å²) in [5.41, 5.74) is -0.485. The van der Waals surface area contributed by atoms with Gasteiger partial charge in [0.15, 0.2) is 0 Å². The molecule has 0 fully saturated rings. The molecule has 18 heavy (non-hydrogen) atoms. The molecule has 1 amide bonds. The van der Waals surface area contributed by atoms with Gasteiger partial charge in [0.2, 0.25) is 5.91 Å². The third-order valence-corrected chi connectivity index (χ3v) is 2.75. The van der Waals surface area contributed by atoms with Crippen LogP contribution in [-0.2, 0) is 14.3 Å². The maximum Gasteiger partial charge on any atom is 0.306 e. The van der Waals surface area contributed by atoms with E-state index >= 15 is 0 Å². The maximum atomic E-state index is 12.0. The van der Waals surface area contributed by atoms with Crippen molar-refractivity contribution in [2.45, 2.75) is 72.4 Å². The van der Waals surface area contributed by atoms with E-state index in [0.717, 1.165) is 6.42 Å². The summed E-state index contributed by atoms with van der Waals surface area (Å²) in [4.78, 5) is 25.3. The first-order valence-corrected chi connectivity index (χ1v) is 6.72. The Morgan fingerprint density at radius 1 is 1.17 bits per heavy atom. The van der Waals surface area contributed by atoms with Gasteiger partial charge in [-0.25, -0.2) is 0 Å². The molecule has 0 spiro atoms. The molecule has 0 aromatic rings. The van der Waals surface area contributed by atoms with Gasteiger partial charge in [-0.15, -0.1) is 0 Å². The van der Waals surface area contributed by atoms with E-state index < -0.39 is 5.60 Å². The van der Waals surface area contributed by atoms with E-state index in [1.54, 1.807) is 0 Å². The number of esters is 1. The molecule has 0 aliphatic heterocycles. The fourth-order valence-electron chi connectivity index (χ4n) is 1.70. The summed E-state index contributed by atoms with van der Waals surface area (Å²) in [6.07, 6.45) is 1.31. The fourth-order valence-corrected chi connectivity index (χ4v) is 1.70. The Labute approximate surface area is 111 Å². The Bertz CT molecular complexity index is 281. The highest BCUT2D eigenvalue weighted by atomic mass is 16.6. The minimum absolute atomic E-state index is 0.0257. The molecule has 0 aliphatic carbocycles.